The molecule has 2 unspecified atom stereocenters. The summed E-state index contributed by atoms with van der Waals surface area (Å²) >= 11 is 0. The Balaban J connectivity index is 1.20. The predicted molar refractivity (Wildman–Crippen MR) is 153 cm³/mol. The second-order valence-corrected chi connectivity index (χ2v) is 12.6. The maximum atomic E-state index is 14.7. The lowest BCUT2D eigenvalue weighted by Gasteiger charge is -2.33. The van der Waals surface area contributed by atoms with Gasteiger partial charge in [0.2, 0.25) is 0 Å². The second kappa shape index (κ2) is 12.4. The van der Waals surface area contributed by atoms with Gasteiger partial charge < -0.3 is 19.5 Å². The van der Waals surface area contributed by atoms with Crippen LogP contribution in [0.2, 0.25) is 0 Å². The molecule has 1 N–H and O–H groups in total. The summed E-state index contributed by atoms with van der Waals surface area (Å²) in [5.41, 5.74) is 3.35. The molecular weight excluding hydrogens is 509 g/mol. The van der Waals surface area contributed by atoms with Crippen molar-refractivity contribution in [3.05, 3.63) is 52.5 Å². The molecule has 0 radical (unpaired) electrons. The molecular formula is C32H44FN3O4. The molecule has 1 saturated heterocycles. The predicted octanol–water partition coefficient (Wildman–Crippen LogP) is 5.65. The number of likely N-dealkylation sites (tertiary alicyclic amines) is 1. The molecule has 4 heterocycles. The average Bonchev–Trinajstić information content (AvgIpc) is 3.36. The normalized spacial score (nSPS) is 21.6. The van der Waals surface area contributed by atoms with Gasteiger partial charge in [0.1, 0.15) is 29.0 Å². The maximum absolute atomic E-state index is 14.7. The smallest absolute Gasteiger partial charge is 0.328 e. The zero-order valence-corrected chi connectivity index (χ0v) is 24.4. The zero-order valence-electron chi connectivity index (χ0n) is 24.4. The Morgan fingerprint density at radius 3 is 2.95 bits per heavy atom. The first-order chi connectivity index (χ1) is 19.2. The standard InChI is InChI=1S/C32H44FN3O4/c1-21-16-26-27(17-23(33)18-28(26)39-20-21)29(31(37)40-32(2,3)4)36-14-12-25(19-36)38-15-6-5-9-24-11-10-22-8-7-13-34-30(22)35-24/h10-11,17-18,21,25,29H,5-9,12-16,19-20H2,1-4H3,(H,34,35)/t21?,25-,29?/m1/s1. The molecule has 7 nitrogen and oxygen atoms in total. The minimum absolute atomic E-state index is 0.0237. The summed E-state index contributed by atoms with van der Waals surface area (Å²) in [6.07, 6.45) is 6.75. The minimum Gasteiger partial charge on any atom is -0.493 e. The maximum Gasteiger partial charge on any atom is 0.328 e. The van der Waals surface area contributed by atoms with Crippen molar-refractivity contribution >= 4 is 11.8 Å². The molecule has 2 aromatic rings. The number of aryl methyl sites for hydroxylation is 2. The summed E-state index contributed by atoms with van der Waals surface area (Å²) in [5.74, 6) is 1.13. The monoisotopic (exact) mass is 553 g/mol. The molecule has 0 amide bonds. The summed E-state index contributed by atoms with van der Waals surface area (Å²) in [6, 6.07) is 6.58. The lowest BCUT2D eigenvalue weighted by molar-refractivity contribution is -0.161. The molecule has 0 bridgehead atoms. The molecule has 1 fully saturated rings. The van der Waals surface area contributed by atoms with E-state index >= 15 is 0 Å². The van der Waals surface area contributed by atoms with E-state index in [4.69, 9.17) is 19.2 Å². The van der Waals surface area contributed by atoms with Crippen molar-refractivity contribution < 1.29 is 23.4 Å². The van der Waals surface area contributed by atoms with Crippen LogP contribution >= 0.6 is 0 Å². The van der Waals surface area contributed by atoms with Crippen molar-refractivity contribution in [1.82, 2.24) is 9.88 Å². The number of hydrogen-bond acceptors (Lipinski definition) is 7. The third kappa shape index (κ3) is 7.13. The van der Waals surface area contributed by atoms with Crippen LogP contribution in [0.5, 0.6) is 5.75 Å². The highest BCUT2D eigenvalue weighted by molar-refractivity contribution is 5.79. The number of unbranched alkanes of at least 4 members (excludes halogenated alkanes) is 1. The van der Waals surface area contributed by atoms with E-state index in [0.717, 1.165) is 62.1 Å². The molecule has 0 aliphatic carbocycles. The van der Waals surface area contributed by atoms with Gasteiger partial charge in [-0.1, -0.05) is 13.0 Å². The first-order valence-electron chi connectivity index (χ1n) is 14.9. The molecule has 5 rings (SSSR count). The Kier molecular flexibility index (Phi) is 8.95. The van der Waals surface area contributed by atoms with E-state index in [1.807, 2.05) is 20.8 Å². The van der Waals surface area contributed by atoms with Gasteiger partial charge in [0.15, 0.2) is 0 Å². The molecule has 1 aromatic carbocycles. The number of nitrogens with zero attached hydrogens (tertiary/aromatic N) is 2. The summed E-state index contributed by atoms with van der Waals surface area (Å²) in [7, 11) is 0. The molecule has 0 saturated carbocycles. The van der Waals surface area contributed by atoms with Crippen LogP contribution in [0.1, 0.15) is 81.8 Å². The zero-order chi connectivity index (χ0) is 28.3. The molecule has 218 valence electrons. The summed E-state index contributed by atoms with van der Waals surface area (Å²) in [4.78, 5) is 20.5. The highest BCUT2D eigenvalue weighted by Crippen LogP contribution is 2.38. The Morgan fingerprint density at radius 2 is 2.12 bits per heavy atom. The van der Waals surface area contributed by atoms with E-state index in [-0.39, 0.29) is 12.1 Å². The number of pyridine rings is 1. The van der Waals surface area contributed by atoms with Crippen LogP contribution in [0.4, 0.5) is 10.2 Å². The van der Waals surface area contributed by atoms with Crippen molar-refractivity contribution in [1.29, 1.82) is 0 Å². The van der Waals surface area contributed by atoms with Crippen molar-refractivity contribution in [2.24, 2.45) is 5.92 Å². The SMILES string of the molecule is CC1COc2cc(F)cc(C(C(=O)OC(C)(C)C)N3CC[C@@H](OCCCCc4ccc5c(n4)NCCC5)C3)c2C1. The number of aromatic nitrogens is 1. The van der Waals surface area contributed by atoms with E-state index < -0.39 is 17.5 Å². The summed E-state index contributed by atoms with van der Waals surface area (Å²) < 4.78 is 32.7. The number of rotatable bonds is 9. The quantitative estimate of drug-likeness (QED) is 0.318. The van der Waals surface area contributed by atoms with Crippen LogP contribution in [0.3, 0.4) is 0 Å². The Morgan fingerprint density at radius 1 is 1.27 bits per heavy atom. The van der Waals surface area contributed by atoms with Crippen LogP contribution in [0.15, 0.2) is 24.3 Å². The molecule has 1 aromatic heterocycles. The van der Waals surface area contributed by atoms with Crippen molar-refractivity contribution in [2.75, 3.05) is 38.2 Å². The molecule has 3 atom stereocenters. The number of ether oxygens (including phenoxy) is 3. The number of esters is 1. The van der Waals surface area contributed by atoms with Gasteiger partial charge in [-0.05, 0) is 94.9 Å². The number of benzene rings is 1. The number of fused-ring (bicyclic) bond motifs is 2. The number of carbonyl (C=O) groups is 1. The third-order valence-corrected chi connectivity index (χ3v) is 7.88. The Hall–Kier alpha value is -2.71. The van der Waals surface area contributed by atoms with Crippen LogP contribution in [-0.2, 0) is 33.5 Å². The van der Waals surface area contributed by atoms with Crippen molar-refractivity contribution in [2.45, 2.75) is 90.4 Å². The topological polar surface area (TPSA) is 72.9 Å². The highest BCUT2D eigenvalue weighted by Gasteiger charge is 2.39. The van der Waals surface area contributed by atoms with Gasteiger partial charge in [-0.15, -0.1) is 0 Å². The number of nitrogens with one attached hydrogen (secondary N) is 1. The number of hydrogen-bond donors (Lipinski definition) is 1. The van der Waals surface area contributed by atoms with Crippen LogP contribution in [0, 0.1) is 11.7 Å². The molecule has 0 spiro atoms. The first kappa shape index (κ1) is 28.8. The largest absolute Gasteiger partial charge is 0.493 e. The van der Waals surface area contributed by atoms with E-state index in [1.165, 1.54) is 24.1 Å². The average molecular weight is 554 g/mol. The van der Waals surface area contributed by atoms with E-state index in [9.17, 15) is 9.18 Å². The fourth-order valence-electron chi connectivity index (χ4n) is 5.98. The van der Waals surface area contributed by atoms with E-state index in [2.05, 4.69) is 29.3 Å². The lowest BCUT2D eigenvalue weighted by Crippen LogP contribution is -2.39. The fourth-order valence-corrected chi connectivity index (χ4v) is 5.98. The number of carbonyl (C=O) groups excluding carboxylic acids is 1. The first-order valence-corrected chi connectivity index (χ1v) is 14.9. The third-order valence-electron chi connectivity index (χ3n) is 7.88. The highest BCUT2D eigenvalue weighted by atomic mass is 19.1. The van der Waals surface area contributed by atoms with Gasteiger partial charge in [0, 0.05) is 43.6 Å². The van der Waals surface area contributed by atoms with E-state index in [0.29, 0.717) is 43.5 Å². The van der Waals surface area contributed by atoms with Crippen molar-refractivity contribution in [3.63, 3.8) is 0 Å². The number of halogens is 1. The fraction of sp³-hybridized carbons (Fsp3) is 0.625. The molecule has 8 heteroatoms. The van der Waals surface area contributed by atoms with Crippen LogP contribution < -0.4 is 10.1 Å². The van der Waals surface area contributed by atoms with Gasteiger partial charge in [0.25, 0.3) is 0 Å². The van der Waals surface area contributed by atoms with E-state index in [1.54, 1.807) is 0 Å². The Labute approximate surface area is 237 Å². The van der Waals surface area contributed by atoms with Crippen LogP contribution in [0.25, 0.3) is 0 Å². The molecule has 3 aliphatic heterocycles. The summed E-state index contributed by atoms with van der Waals surface area (Å²) in [6.45, 7) is 11.2. The van der Waals surface area contributed by atoms with Gasteiger partial charge in [-0.3, -0.25) is 4.90 Å². The van der Waals surface area contributed by atoms with Crippen molar-refractivity contribution in [3.8, 4) is 5.75 Å². The molecule has 3 aliphatic rings. The van der Waals surface area contributed by atoms with Gasteiger partial charge in [0.05, 0.1) is 12.7 Å². The molecule has 40 heavy (non-hydrogen) atoms. The number of anilines is 1. The van der Waals surface area contributed by atoms with Gasteiger partial charge >= 0.3 is 5.97 Å². The second-order valence-electron chi connectivity index (χ2n) is 12.6. The van der Waals surface area contributed by atoms with Crippen LogP contribution in [-0.4, -0.2) is 60.4 Å². The van der Waals surface area contributed by atoms with Gasteiger partial charge in [-0.25, -0.2) is 14.2 Å². The van der Waals surface area contributed by atoms with Gasteiger partial charge in [-0.2, -0.15) is 0 Å². The minimum atomic E-state index is -0.699. The Bertz CT molecular complexity index is 1200. The lowest BCUT2D eigenvalue weighted by atomic mass is 9.90. The summed E-state index contributed by atoms with van der Waals surface area (Å²) in [5, 5.41) is 3.41.